The van der Waals surface area contributed by atoms with Gasteiger partial charge in [-0.25, -0.2) is 0 Å². The molecule has 0 fully saturated rings. The molecule has 1 atom stereocenters. The monoisotopic (exact) mass is 753 g/mol. The highest BCUT2D eigenvalue weighted by molar-refractivity contribution is 5.99. The summed E-state index contributed by atoms with van der Waals surface area (Å²) in [4.78, 5) is 2.50. The topological polar surface area (TPSA) is 3.24 Å². The van der Waals surface area contributed by atoms with Gasteiger partial charge in [0.1, 0.15) is 0 Å². The van der Waals surface area contributed by atoms with Gasteiger partial charge in [-0.05, 0) is 91.5 Å². The maximum Gasteiger partial charge on any atom is 0.0546 e. The van der Waals surface area contributed by atoms with E-state index in [4.69, 9.17) is 0 Å². The first-order chi connectivity index (χ1) is 29.3. The Bertz CT molecular complexity index is 2880. The lowest BCUT2D eigenvalue weighted by Gasteiger charge is -2.33. The minimum absolute atomic E-state index is 0.215. The number of nitrogens with zero attached hydrogens (tertiary/aromatic N) is 1. The van der Waals surface area contributed by atoms with Crippen molar-refractivity contribution >= 4 is 22.1 Å². The van der Waals surface area contributed by atoms with E-state index in [2.05, 4.69) is 248 Å². The van der Waals surface area contributed by atoms with Gasteiger partial charge in [0.25, 0.3) is 0 Å². The average molecular weight is 754 g/mol. The number of fused-ring (bicyclic) bond motifs is 1. The maximum absolute atomic E-state index is 2.50. The Morgan fingerprint density at radius 2 is 0.881 bits per heavy atom. The quantitative estimate of drug-likeness (QED) is 0.142. The lowest BCUT2D eigenvalue weighted by molar-refractivity contribution is 0.841. The Kier molecular flexibility index (Phi) is 9.84. The van der Waals surface area contributed by atoms with Gasteiger partial charge >= 0.3 is 0 Å². The molecule has 9 aromatic carbocycles. The normalized spacial score (nSPS) is 13.6. The van der Waals surface area contributed by atoms with Crippen LogP contribution in [0, 0.1) is 0 Å². The third-order valence-electron chi connectivity index (χ3n) is 11.6. The fraction of sp³-hybridized carbons (Fsp3) is 0.0345. The summed E-state index contributed by atoms with van der Waals surface area (Å²) >= 11 is 0. The van der Waals surface area contributed by atoms with Gasteiger partial charge < -0.3 is 4.90 Å². The Labute approximate surface area is 347 Å². The zero-order valence-corrected chi connectivity index (χ0v) is 32.8. The van der Waals surface area contributed by atoms with Crippen molar-refractivity contribution in [1.82, 2.24) is 0 Å². The van der Waals surface area contributed by atoms with Crippen molar-refractivity contribution in [2.75, 3.05) is 4.90 Å². The molecule has 1 aliphatic carbocycles. The number of para-hydroxylation sites is 1. The van der Waals surface area contributed by atoms with Gasteiger partial charge in [0.05, 0.1) is 11.4 Å². The van der Waals surface area contributed by atoms with Crippen molar-refractivity contribution in [3.05, 3.63) is 254 Å². The second-order valence-electron chi connectivity index (χ2n) is 15.2. The smallest absolute Gasteiger partial charge is 0.0546 e. The van der Waals surface area contributed by atoms with Gasteiger partial charge in [-0.15, -0.1) is 0 Å². The van der Waals surface area contributed by atoms with E-state index in [-0.39, 0.29) is 5.92 Å². The Hall–Kier alpha value is -7.48. The summed E-state index contributed by atoms with van der Waals surface area (Å²) in [7, 11) is 0. The number of allylic oxidation sites excluding steroid dienone is 3. The van der Waals surface area contributed by atoms with Crippen molar-refractivity contribution in [1.29, 1.82) is 0 Å². The number of anilines is 2. The van der Waals surface area contributed by atoms with Gasteiger partial charge in [-0.1, -0.05) is 218 Å². The fourth-order valence-corrected chi connectivity index (χ4v) is 8.64. The first kappa shape index (κ1) is 35.9. The van der Waals surface area contributed by atoms with Crippen LogP contribution in [0.2, 0.25) is 0 Å². The molecule has 0 spiro atoms. The van der Waals surface area contributed by atoms with Crippen molar-refractivity contribution < 1.29 is 0 Å². The highest BCUT2D eigenvalue weighted by Gasteiger charge is 2.24. The first-order valence-corrected chi connectivity index (χ1v) is 20.5. The molecule has 0 saturated heterocycles. The zero-order chi connectivity index (χ0) is 39.4. The van der Waals surface area contributed by atoms with Crippen molar-refractivity contribution in [3.63, 3.8) is 0 Å². The van der Waals surface area contributed by atoms with E-state index in [1.807, 2.05) is 0 Å². The fourth-order valence-electron chi connectivity index (χ4n) is 8.64. The standard InChI is InChI=1S/C58H43N/c1-5-18-42(19-6-1)49-38-50(43-20-7-2-8-21-43)40-51(39-49)44-32-35-52(36-33-44)59(57-31-16-15-29-55(57)46-22-9-3-10-23-46)58-41-48(34-37-56(58)47-24-11-4-12-25-47)54-30-17-27-45-26-13-14-28-53(45)54/h1-32,34-41,44H,33H2. The molecule has 0 aromatic heterocycles. The van der Waals surface area contributed by atoms with Crippen LogP contribution in [0.25, 0.3) is 66.4 Å². The minimum Gasteiger partial charge on any atom is -0.310 e. The summed E-state index contributed by atoms with van der Waals surface area (Å²) in [5, 5.41) is 2.48. The summed E-state index contributed by atoms with van der Waals surface area (Å²) in [5.41, 5.74) is 16.8. The molecule has 10 rings (SSSR count). The molecule has 9 aromatic rings. The van der Waals surface area contributed by atoms with E-state index >= 15 is 0 Å². The highest BCUT2D eigenvalue weighted by atomic mass is 15.2. The van der Waals surface area contributed by atoms with Gasteiger partial charge in [-0.3, -0.25) is 0 Å². The number of hydrogen-bond acceptors (Lipinski definition) is 1. The molecule has 1 aliphatic rings. The lowest BCUT2D eigenvalue weighted by atomic mass is 9.86. The van der Waals surface area contributed by atoms with E-state index in [9.17, 15) is 0 Å². The molecule has 0 amide bonds. The molecule has 1 heteroatoms. The van der Waals surface area contributed by atoms with E-state index in [0.29, 0.717) is 0 Å². The van der Waals surface area contributed by atoms with Gasteiger partial charge in [0.15, 0.2) is 0 Å². The largest absolute Gasteiger partial charge is 0.310 e. The summed E-state index contributed by atoms with van der Waals surface area (Å²) in [6.45, 7) is 0. The molecular formula is C58H43N. The summed E-state index contributed by atoms with van der Waals surface area (Å²) in [5.74, 6) is 0.215. The molecule has 0 N–H and O–H groups in total. The van der Waals surface area contributed by atoms with Crippen molar-refractivity contribution in [2.45, 2.75) is 12.3 Å². The maximum atomic E-state index is 2.50. The van der Waals surface area contributed by atoms with E-state index < -0.39 is 0 Å². The van der Waals surface area contributed by atoms with E-state index in [1.54, 1.807) is 0 Å². The van der Waals surface area contributed by atoms with Gasteiger partial charge in [0.2, 0.25) is 0 Å². The van der Waals surface area contributed by atoms with Gasteiger partial charge in [-0.2, -0.15) is 0 Å². The minimum atomic E-state index is 0.215. The van der Waals surface area contributed by atoms with Gasteiger partial charge in [0, 0.05) is 22.7 Å². The predicted molar refractivity (Wildman–Crippen MR) is 251 cm³/mol. The Morgan fingerprint density at radius 3 is 1.51 bits per heavy atom. The number of rotatable bonds is 9. The molecule has 59 heavy (non-hydrogen) atoms. The van der Waals surface area contributed by atoms with Crippen LogP contribution in [0.15, 0.2) is 248 Å². The van der Waals surface area contributed by atoms with Crippen LogP contribution >= 0.6 is 0 Å². The molecular weight excluding hydrogens is 711 g/mol. The van der Waals surface area contributed by atoms with Crippen LogP contribution in [-0.4, -0.2) is 0 Å². The molecule has 1 nitrogen and oxygen atoms in total. The van der Waals surface area contributed by atoms with Crippen molar-refractivity contribution in [2.24, 2.45) is 0 Å². The van der Waals surface area contributed by atoms with Crippen LogP contribution in [0.1, 0.15) is 17.9 Å². The van der Waals surface area contributed by atoms with Crippen LogP contribution in [0.5, 0.6) is 0 Å². The average Bonchev–Trinajstić information content (AvgIpc) is 3.33. The molecule has 0 saturated carbocycles. The van der Waals surface area contributed by atoms with E-state index in [0.717, 1.165) is 23.5 Å². The number of benzene rings is 9. The first-order valence-electron chi connectivity index (χ1n) is 20.5. The van der Waals surface area contributed by atoms with Crippen LogP contribution < -0.4 is 4.90 Å². The molecule has 0 heterocycles. The predicted octanol–water partition coefficient (Wildman–Crippen LogP) is 15.9. The zero-order valence-electron chi connectivity index (χ0n) is 32.8. The molecule has 280 valence electrons. The van der Waals surface area contributed by atoms with Crippen molar-refractivity contribution in [3.8, 4) is 55.6 Å². The van der Waals surface area contributed by atoms with E-state index in [1.165, 1.54) is 72.0 Å². The third-order valence-corrected chi connectivity index (χ3v) is 11.6. The molecule has 0 radical (unpaired) electrons. The Balaban J connectivity index is 1.14. The molecule has 0 aliphatic heterocycles. The highest BCUT2D eigenvalue weighted by Crippen LogP contribution is 2.46. The Morgan fingerprint density at radius 1 is 0.356 bits per heavy atom. The SMILES string of the molecule is C1=CC(c2cc(-c3ccccc3)cc(-c3ccccc3)c2)CC=C1N(c1ccccc1-c1ccccc1)c1cc(-c2cccc3ccccc23)ccc1-c1ccccc1. The summed E-state index contributed by atoms with van der Waals surface area (Å²) < 4.78 is 0. The van der Waals surface area contributed by atoms with Crippen LogP contribution in [0.3, 0.4) is 0 Å². The van der Waals surface area contributed by atoms with Crippen LogP contribution in [0.4, 0.5) is 11.4 Å². The number of hydrogen-bond donors (Lipinski definition) is 0. The molecule has 1 unspecified atom stereocenters. The lowest BCUT2D eigenvalue weighted by Crippen LogP contribution is -2.19. The summed E-state index contributed by atoms with van der Waals surface area (Å²) in [6, 6.07) is 81.4. The van der Waals surface area contributed by atoms with Crippen LogP contribution in [-0.2, 0) is 0 Å². The second-order valence-corrected chi connectivity index (χ2v) is 15.2. The summed E-state index contributed by atoms with van der Waals surface area (Å²) in [6.07, 6.45) is 8.09. The second kappa shape index (κ2) is 16.2. The third kappa shape index (κ3) is 7.31. The molecule has 0 bridgehead atoms.